The van der Waals surface area contributed by atoms with E-state index in [9.17, 15) is 14.4 Å². The number of carbonyl (C=O) groups excluding carboxylic acids is 1. The van der Waals surface area contributed by atoms with E-state index in [1.54, 1.807) is 6.08 Å². The zero-order chi connectivity index (χ0) is 17.3. The smallest absolute Gasteiger partial charge is 0.335 e. The molecule has 1 fully saturated rings. The van der Waals surface area contributed by atoms with Gasteiger partial charge >= 0.3 is 11.9 Å². The van der Waals surface area contributed by atoms with Crippen molar-refractivity contribution in [2.75, 3.05) is 6.61 Å². The van der Waals surface area contributed by atoms with Crippen molar-refractivity contribution in [3.63, 3.8) is 0 Å². The van der Waals surface area contributed by atoms with Crippen molar-refractivity contribution in [1.82, 2.24) is 9.55 Å². The maximum Gasteiger partial charge on any atom is 0.335 e. The van der Waals surface area contributed by atoms with Crippen LogP contribution in [-0.2, 0) is 16.1 Å². The Morgan fingerprint density at radius 2 is 2.29 bits per heavy atom. The van der Waals surface area contributed by atoms with Gasteiger partial charge in [0.05, 0.1) is 23.1 Å². The summed E-state index contributed by atoms with van der Waals surface area (Å²) in [6.07, 6.45) is 2.11. The Balaban J connectivity index is 2.15. The fraction of sp³-hybridized carbons (Fsp3) is 0.250. The predicted molar refractivity (Wildman–Crippen MR) is 88.4 cm³/mol. The molecule has 0 spiro atoms. The summed E-state index contributed by atoms with van der Waals surface area (Å²) in [7, 11) is 0. The fourth-order valence-electron chi connectivity index (χ4n) is 2.43. The molecule has 0 aliphatic carbocycles. The number of carboxylic acids is 1. The molecule has 7 nitrogen and oxygen atoms in total. The first-order valence-electron chi connectivity index (χ1n) is 7.23. The average molecular weight is 346 g/mol. The highest BCUT2D eigenvalue weighted by Gasteiger charge is 2.29. The number of esters is 1. The van der Waals surface area contributed by atoms with Crippen LogP contribution in [0.3, 0.4) is 0 Å². The van der Waals surface area contributed by atoms with E-state index < -0.39 is 11.2 Å². The molecule has 1 saturated heterocycles. The summed E-state index contributed by atoms with van der Waals surface area (Å²) in [6.45, 7) is 4.23. The molecule has 8 heteroatoms. The van der Waals surface area contributed by atoms with Crippen LogP contribution in [0.5, 0.6) is 0 Å². The van der Waals surface area contributed by atoms with E-state index in [-0.39, 0.29) is 29.2 Å². The Bertz CT molecular complexity index is 905. The van der Waals surface area contributed by atoms with Crippen LogP contribution in [0.15, 0.2) is 40.8 Å². The van der Waals surface area contributed by atoms with E-state index in [4.69, 9.17) is 9.84 Å². The summed E-state index contributed by atoms with van der Waals surface area (Å²) in [5.41, 5.74) is 0.0341. The molecule has 1 aromatic heterocycles. The lowest BCUT2D eigenvalue weighted by molar-refractivity contribution is -0.137. The molecule has 0 radical (unpaired) electrons. The zero-order valence-electron chi connectivity index (χ0n) is 12.6. The largest absolute Gasteiger partial charge is 0.478 e. The molecule has 0 bridgehead atoms. The Morgan fingerprint density at radius 3 is 2.92 bits per heavy atom. The number of thioether (sulfide) groups is 1. The highest BCUT2D eigenvalue weighted by Crippen LogP contribution is 2.28. The van der Waals surface area contributed by atoms with Gasteiger partial charge in [0.15, 0.2) is 5.16 Å². The lowest BCUT2D eigenvalue weighted by Crippen LogP contribution is -2.24. The number of cyclic esters (lactones) is 1. The number of carbonyl (C=O) groups is 2. The Hall–Kier alpha value is -2.61. The summed E-state index contributed by atoms with van der Waals surface area (Å²) >= 11 is 1.15. The van der Waals surface area contributed by atoms with Crippen molar-refractivity contribution in [3.05, 3.63) is 46.8 Å². The SMILES string of the molecule is C=CCn1c(S[C@H]2CCOC2=O)nc2cc(C(=O)O)ccc2c1=O. The van der Waals surface area contributed by atoms with Gasteiger partial charge in [-0.2, -0.15) is 0 Å². The fourth-order valence-corrected chi connectivity index (χ4v) is 3.49. The second-order valence-corrected chi connectivity index (χ2v) is 6.37. The third-order valence-corrected chi connectivity index (χ3v) is 4.85. The van der Waals surface area contributed by atoms with Gasteiger partial charge in [-0.1, -0.05) is 17.8 Å². The number of allylic oxidation sites excluding steroid dienone is 1. The molecular weight excluding hydrogens is 332 g/mol. The van der Waals surface area contributed by atoms with Crippen LogP contribution < -0.4 is 5.56 Å². The molecule has 124 valence electrons. The van der Waals surface area contributed by atoms with Gasteiger partial charge in [-0.05, 0) is 18.2 Å². The van der Waals surface area contributed by atoms with Crippen LogP contribution in [0.25, 0.3) is 10.9 Å². The molecule has 1 aromatic carbocycles. The van der Waals surface area contributed by atoms with Crippen LogP contribution >= 0.6 is 11.8 Å². The number of carboxylic acid groups (broad SMARTS) is 1. The maximum atomic E-state index is 12.7. The molecule has 0 saturated carbocycles. The van der Waals surface area contributed by atoms with Gasteiger partial charge in [-0.25, -0.2) is 9.78 Å². The molecule has 1 atom stereocenters. The zero-order valence-corrected chi connectivity index (χ0v) is 13.4. The van der Waals surface area contributed by atoms with Crippen LogP contribution in [0.2, 0.25) is 0 Å². The Labute approximate surface area is 141 Å². The molecule has 2 aromatic rings. The molecule has 1 aliphatic rings. The Kier molecular flexibility index (Phi) is 4.39. The summed E-state index contributed by atoms with van der Waals surface area (Å²) in [5, 5.41) is 9.34. The van der Waals surface area contributed by atoms with E-state index in [1.807, 2.05) is 0 Å². The van der Waals surface area contributed by atoms with Crippen molar-refractivity contribution >= 4 is 34.6 Å². The van der Waals surface area contributed by atoms with E-state index in [0.29, 0.717) is 23.6 Å². The van der Waals surface area contributed by atoms with Gasteiger partial charge < -0.3 is 9.84 Å². The number of aromatic carboxylic acids is 1. The summed E-state index contributed by atoms with van der Waals surface area (Å²) in [5.74, 6) is -1.43. The van der Waals surface area contributed by atoms with Crippen molar-refractivity contribution in [3.8, 4) is 0 Å². The normalized spacial score (nSPS) is 17.0. The van der Waals surface area contributed by atoms with Crippen LogP contribution in [0.4, 0.5) is 0 Å². The summed E-state index contributed by atoms with van der Waals surface area (Å²) in [4.78, 5) is 39.9. The lowest BCUT2D eigenvalue weighted by atomic mass is 10.1. The number of hydrogen-bond acceptors (Lipinski definition) is 6. The van der Waals surface area contributed by atoms with Gasteiger partial charge in [-0.15, -0.1) is 6.58 Å². The van der Waals surface area contributed by atoms with Crippen molar-refractivity contribution < 1.29 is 19.4 Å². The van der Waals surface area contributed by atoms with Crippen LogP contribution in [0, 0.1) is 0 Å². The number of ether oxygens (including phenoxy) is 1. The highest BCUT2D eigenvalue weighted by atomic mass is 32.2. The maximum absolute atomic E-state index is 12.7. The first kappa shape index (κ1) is 16.3. The quantitative estimate of drug-likeness (QED) is 0.500. The van der Waals surface area contributed by atoms with Crippen LogP contribution in [-0.4, -0.2) is 38.5 Å². The molecule has 24 heavy (non-hydrogen) atoms. The second-order valence-electron chi connectivity index (χ2n) is 5.20. The lowest BCUT2D eigenvalue weighted by Gasteiger charge is -2.13. The van der Waals surface area contributed by atoms with Crippen molar-refractivity contribution in [2.24, 2.45) is 0 Å². The van der Waals surface area contributed by atoms with E-state index >= 15 is 0 Å². The minimum Gasteiger partial charge on any atom is -0.478 e. The number of nitrogens with zero attached hydrogens (tertiary/aromatic N) is 2. The standard InChI is InChI=1S/C16H14N2O5S/c1-2-6-18-13(19)10-4-3-9(14(20)21)8-11(10)17-16(18)24-12-5-7-23-15(12)22/h2-4,8,12H,1,5-7H2,(H,20,21)/t12-/m0/s1. The van der Waals surface area contributed by atoms with E-state index in [1.165, 1.54) is 22.8 Å². The van der Waals surface area contributed by atoms with E-state index in [2.05, 4.69) is 11.6 Å². The van der Waals surface area contributed by atoms with Crippen LogP contribution in [0.1, 0.15) is 16.8 Å². The number of rotatable bonds is 5. The molecule has 1 N–H and O–H groups in total. The number of hydrogen-bond donors (Lipinski definition) is 1. The molecule has 3 rings (SSSR count). The molecule has 0 amide bonds. The first-order valence-corrected chi connectivity index (χ1v) is 8.11. The summed E-state index contributed by atoms with van der Waals surface area (Å²) in [6, 6.07) is 4.17. The van der Waals surface area contributed by atoms with Gasteiger partial charge in [0, 0.05) is 13.0 Å². The van der Waals surface area contributed by atoms with Gasteiger partial charge in [0.1, 0.15) is 5.25 Å². The predicted octanol–water partition coefficient (Wildman–Crippen LogP) is 1.69. The third-order valence-electron chi connectivity index (χ3n) is 3.61. The van der Waals surface area contributed by atoms with Gasteiger partial charge in [0.25, 0.3) is 5.56 Å². The monoisotopic (exact) mass is 346 g/mol. The third kappa shape index (κ3) is 2.92. The molecule has 1 aliphatic heterocycles. The summed E-state index contributed by atoms with van der Waals surface area (Å²) < 4.78 is 6.36. The first-order chi connectivity index (χ1) is 11.5. The minimum absolute atomic E-state index is 0.0482. The van der Waals surface area contributed by atoms with E-state index in [0.717, 1.165) is 11.8 Å². The second kappa shape index (κ2) is 6.48. The number of aromatic nitrogens is 2. The molecular formula is C16H14N2O5S. The highest BCUT2D eigenvalue weighted by molar-refractivity contribution is 8.00. The number of fused-ring (bicyclic) bond motifs is 1. The van der Waals surface area contributed by atoms with Gasteiger partial charge in [0.2, 0.25) is 0 Å². The Morgan fingerprint density at radius 1 is 1.50 bits per heavy atom. The average Bonchev–Trinajstić information content (AvgIpc) is 2.95. The number of benzene rings is 1. The van der Waals surface area contributed by atoms with Gasteiger partial charge in [-0.3, -0.25) is 14.2 Å². The molecule has 2 heterocycles. The van der Waals surface area contributed by atoms with Crippen molar-refractivity contribution in [1.29, 1.82) is 0 Å². The van der Waals surface area contributed by atoms with Crippen molar-refractivity contribution in [2.45, 2.75) is 23.4 Å². The minimum atomic E-state index is -1.09. The molecule has 0 unspecified atom stereocenters. The topological polar surface area (TPSA) is 98.5 Å².